The van der Waals surface area contributed by atoms with Crippen LogP contribution in [-0.2, 0) is 9.53 Å². The van der Waals surface area contributed by atoms with Gasteiger partial charge in [0.2, 0.25) is 0 Å². The Hall–Kier alpha value is -2.53. The van der Waals surface area contributed by atoms with E-state index in [9.17, 15) is 4.79 Å². The van der Waals surface area contributed by atoms with E-state index in [1.54, 1.807) is 7.11 Å². The molecule has 0 aliphatic carbocycles. The van der Waals surface area contributed by atoms with Crippen molar-refractivity contribution in [2.24, 2.45) is 0 Å². The third-order valence-corrected chi connectivity index (χ3v) is 3.68. The number of methoxy groups -OCH3 is 1. The van der Waals surface area contributed by atoms with Gasteiger partial charge in [0.15, 0.2) is 23.7 Å². The number of ether oxygens (including phenoxy) is 3. The zero-order chi connectivity index (χ0) is 16.1. The Morgan fingerprint density at radius 3 is 2.48 bits per heavy atom. The Bertz CT molecular complexity index is 659. The molecule has 1 saturated heterocycles. The smallest absolute Gasteiger partial charge is 0.253 e. The highest BCUT2D eigenvalue weighted by Crippen LogP contribution is 2.33. The van der Waals surface area contributed by atoms with Crippen LogP contribution >= 0.6 is 0 Å². The van der Waals surface area contributed by atoms with Crippen molar-refractivity contribution >= 4 is 5.91 Å². The third-order valence-electron chi connectivity index (χ3n) is 3.68. The molecule has 1 fully saturated rings. The minimum Gasteiger partial charge on any atom is -0.493 e. The highest BCUT2D eigenvalue weighted by atomic mass is 16.6. The van der Waals surface area contributed by atoms with Crippen molar-refractivity contribution in [1.82, 2.24) is 5.32 Å². The molecule has 23 heavy (non-hydrogen) atoms. The van der Waals surface area contributed by atoms with Gasteiger partial charge in [-0.25, -0.2) is 0 Å². The number of benzene rings is 2. The van der Waals surface area contributed by atoms with E-state index >= 15 is 0 Å². The maximum atomic E-state index is 12.2. The van der Waals surface area contributed by atoms with Crippen LogP contribution in [-0.4, -0.2) is 32.3 Å². The normalized spacial score (nSPS) is 18.8. The summed E-state index contributed by atoms with van der Waals surface area (Å²) in [7, 11) is 1.59. The molecule has 2 aromatic carbocycles. The molecule has 5 nitrogen and oxygen atoms in total. The summed E-state index contributed by atoms with van der Waals surface area (Å²) in [5.41, 5.74) is 0.875. The van der Waals surface area contributed by atoms with Gasteiger partial charge in [-0.1, -0.05) is 42.5 Å². The predicted molar refractivity (Wildman–Crippen MR) is 85.6 cm³/mol. The lowest BCUT2D eigenvalue weighted by molar-refractivity contribution is -0.145. The first-order chi connectivity index (χ1) is 11.3. The molecule has 5 heteroatoms. The van der Waals surface area contributed by atoms with E-state index in [4.69, 9.17) is 14.2 Å². The molecule has 2 atom stereocenters. The molecular formula is C18H19NO4. The first-order valence-electron chi connectivity index (χ1n) is 7.53. The summed E-state index contributed by atoms with van der Waals surface area (Å²) in [6.07, 6.45) is -1.25. The number of rotatable bonds is 5. The van der Waals surface area contributed by atoms with Crippen LogP contribution in [0.3, 0.4) is 0 Å². The zero-order valence-corrected chi connectivity index (χ0v) is 12.9. The van der Waals surface area contributed by atoms with E-state index < -0.39 is 12.2 Å². The highest BCUT2D eigenvalue weighted by molar-refractivity contribution is 5.82. The molecule has 1 aliphatic heterocycles. The highest BCUT2D eigenvalue weighted by Gasteiger charge is 2.35. The standard InChI is InChI=1S/C18H19NO4/c1-21-14-9-5-6-10-15(14)23-16(13-7-3-2-4-8-13)17-18(20)19-11-12-22-17/h2-10,16-17H,11-12H2,1H3,(H,19,20). The lowest BCUT2D eigenvalue weighted by Gasteiger charge is -2.30. The molecule has 1 amide bonds. The number of nitrogens with one attached hydrogen (secondary N) is 1. The number of hydrogen-bond donors (Lipinski definition) is 1. The maximum absolute atomic E-state index is 12.2. The first-order valence-corrected chi connectivity index (χ1v) is 7.53. The van der Waals surface area contributed by atoms with Crippen molar-refractivity contribution in [2.45, 2.75) is 12.2 Å². The zero-order valence-electron chi connectivity index (χ0n) is 12.9. The van der Waals surface area contributed by atoms with E-state index in [0.29, 0.717) is 24.7 Å². The van der Waals surface area contributed by atoms with E-state index in [2.05, 4.69) is 5.32 Å². The summed E-state index contributed by atoms with van der Waals surface area (Å²) in [5, 5.41) is 2.82. The molecule has 1 heterocycles. The number of para-hydroxylation sites is 2. The number of amides is 1. The van der Waals surface area contributed by atoms with Crippen molar-refractivity contribution in [1.29, 1.82) is 0 Å². The van der Waals surface area contributed by atoms with Crippen LogP contribution in [0.1, 0.15) is 11.7 Å². The lowest BCUT2D eigenvalue weighted by atomic mass is 10.0. The molecule has 0 radical (unpaired) electrons. The van der Waals surface area contributed by atoms with E-state index in [1.165, 1.54) is 0 Å². The van der Waals surface area contributed by atoms with Crippen LogP contribution in [0.5, 0.6) is 11.5 Å². The number of hydrogen-bond acceptors (Lipinski definition) is 4. The maximum Gasteiger partial charge on any atom is 0.253 e. The average molecular weight is 313 g/mol. The summed E-state index contributed by atoms with van der Waals surface area (Å²) in [6, 6.07) is 17.0. The Kier molecular flexibility index (Phi) is 4.78. The van der Waals surface area contributed by atoms with Crippen molar-refractivity contribution in [3.8, 4) is 11.5 Å². The van der Waals surface area contributed by atoms with Gasteiger partial charge in [-0.3, -0.25) is 4.79 Å². The predicted octanol–water partition coefficient (Wildman–Crippen LogP) is 2.33. The molecule has 3 rings (SSSR count). The second-order valence-corrected chi connectivity index (χ2v) is 5.18. The van der Waals surface area contributed by atoms with Gasteiger partial charge in [0.25, 0.3) is 5.91 Å². The lowest BCUT2D eigenvalue weighted by Crippen LogP contribution is -2.48. The number of carbonyl (C=O) groups excluding carboxylic acids is 1. The minimum absolute atomic E-state index is 0.167. The summed E-state index contributed by atoms with van der Waals surface area (Å²) in [5.74, 6) is 1.02. The first kappa shape index (κ1) is 15.4. The summed E-state index contributed by atoms with van der Waals surface area (Å²) < 4.78 is 17.1. The van der Waals surface area contributed by atoms with Gasteiger partial charge < -0.3 is 19.5 Å². The molecule has 0 bridgehead atoms. The SMILES string of the molecule is COc1ccccc1OC(c1ccccc1)C1OCCNC1=O. The fourth-order valence-electron chi connectivity index (χ4n) is 2.56. The minimum atomic E-state index is -0.698. The van der Waals surface area contributed by atoms with Gasteiger partial charge in [0.1, 0.15) is 0 Å². The van der Waals surface area contributed by atoms with Gasteiger partial charge in [-0.15, -0.1) is 0 Å². The average Bonchev–Trinajstić information content (AvgIpc) is 2.61. The summed E-state index contributed by atoms with van der Waals surface area (Å²) >= 11 is 0. The fourth-order valence-corrected chi connectivity index (χ4v) is 2.56. The molecule has 1 aliphatic rings. The molecule has 1 N–H and O–H groups in total. The van der Waals surface area contributed by atoms with Crippen molar-refractivity contribution in [3.05, 3.63) is 60.2 Å². The van der Waals surface area contributed by atoms with Crippen LogP contribution in [0.2, 0.25) is 0 Å². The van der Waals surface area contributed by atoms with Crippen LogP contribution < -0.4 is 14.8 Å². The van der Waals surface area contributed by atoms with Gasteiger partial charge in [-0.05, 0) is 17.7 Å². The quantitative estimate of drug-likeness (QED) is 0.920. The van der Waals surface area contributed by atoms with Crippen LogP contribution in [0.4, 0.5) is 0 Å². The molecule has 0 spiro atoms. The van der Waals surface area contributed by atoms with Gasteiger partial charge in [0, 0.05) is 6.54 Å². The Morgan fingerprint density at radius 2 is 1.78 bits per heavy atom. The topological polar surface area (TPSA) is 56.8 Å². The molecule has 2 unspecified atom stereocenters. The van der Waals surface area contributed by atoms with Crippen molar-refractivity contribution in [2.75, 3.05) is 20.3 Å². The Morgan fingerprint density at radius 1 is 1.09 bits per heavy atom. The largest absolute Gasteiger partial charge is 0.493 e. The van der Waals surface area contributed by atoms with Gasteiger partial charge >= 0.3 is 0 Å². The van der Waals surface area contributed by atoms with Crippen LogP contribution in [0.15, 0.2) is 54.6 Å². The number of carbonyl (C=O) groups is 1. The van der Waals surface area contributed by atoms with Gasteiger partial charge in [-0.2, -0.15) is 0 Å². The van der Waals surface area contributed by atoms with Crippen molar-refractivity contribution < 1.29 is 19.0 Å². The summed E-state index contributed by atoms with van der Waals surface area (Å²) in [6.45, 7) is 0.987. The third kappa shape index (κ3) is 3.46. The molecule has 2 aromatic rings. The summed E-state index contributed by atoms with van der Waals surface area (Å²) in [4.78, 5) is 12.2. The second-order valence-electron chi connectivity index (χ2n) is 5.18. The van der Waals surface area contributed by atoms with E-state index in [-0.39, 0.29) is 5.91 Å². The number of morpholine rings is 1. The molecule has 120 valence electrons. The Labute approximate surface area is 135 Å². The van der Waals surface area contributed by atoms with Crippen LogP contribution in [0.25, 0.3) is 0 Å². The van der Waals surface area contributed by atoms with Crippen molar-refractivity contribution in [3.63, 3.8) is 0 Å². The second kappa shape index (κ2) is 7.15. The molecule has 0 aromatic heterocycles. The monoisotopic (exact) mass is 313 g/mol. The van der Waals surface area contributed by atoms with Crippen LogP contribution in [0, 0.1) is 0 Å². The molecule has 0 saturated carbocycles. The van der Waals surface area contributed by atoms with E-state index in [1.807, 2.05) is 54.6 Å². The molecular weight excluding hydrogens is 294 g/mol. The Balaban J connectivity index is 1.93. The van der Waals surface area contributed by atoms with E-state index in [0.717, 1.165) is 5.56 Å². The fraction of sp³-hybridized carbons (Fsp3) is 0.278. The van der Waals surface area contributed by atoms with Gasteiger partial charge in [0.05, 0.1) is 13.7 Å².